The predicted molar refractivity (Wildman–Crippen MR) is 158 cm³/mol. The maximum atomic E-state index is 10.7. The molecule has 214 valence electrons. The number of hydrogen-bond donors (Lipinski definition) is 5. The van der Waals surface area contributed by atoms with Crippen LogP contribution < -0.4 is 16.2 Å². The number of para-hydroxylation sites is 1. The van der Waals surface area contributed by atoms with Gasteiger partial charge in [0.25, 0.3) is 5.69 Å². The molecule has 0 aliphatic carbocycles. The van der Waals surface area contributed by atoms with Crippen molar-refractivity contribution < 1.29 is 34.1 Å². The summed E-state index contributed by atoms with van der Waals surface area (Å²) in [6.45, 7) is 1.18. The van der Waals surface area contributed by atoms with Crippen molar-refractivity contribution in [1.82, 2.24) is 0 Å². The number of ether oxygens (including phenoxy) is 1. The van der Waals surface area contributed by atoms with Crippen molar-refractivity contribution in [2.24, 2.45) is 5.73 Å². The first kappa shape index (κ1) is 34.8. The molecule has 12 nitrogen and oxygen atoms in total. The third-order valence-corrected chi connectivity index (χ3v) is 7.29. The number of nitrogens with zero attached hydrogens (tertiary/aromatic N) is 2. The molecule has 0 aromatic heterocycles. The average Bonchev–Trinajstić information content (AvgIpc) is 2.89. The number of nitrogen functional groups attached to an aromatic ring is 1. The van der Waals surface area contributed by atoms with Gasteiger partial charge in [-0.3, -0.25) is 19.5 Å². The lowest BCUT2D eigenvalue weighted by atomic mass is 10.2. The number of carboxylic acid groups (broad SMARTS) is 1. The number of hydrogen-bond acceptors (Lipinski definition) is 9. The maximum Gasteiger partial charge on any atom is 0.320 e. The van der Waals surface area contributed by atoms with Gasteiger partial charge in [0.05, 0.1) is 25.5 Å². The zero-order valence-electron chi connectivity index (χ0n) is 20.7. The quantitative estimate of drug-likeness (QED) is 0.0811. The Balaban J connectivity index is 0.000000318. The number of phenolic OH excluding ortho intramolecular Hbond substituents is 1. The van der Waals surface area contributed by atoms with Crippen molar-refractivity contribution in [2.45, 2.75) is 12.5 Å². The maximum absolute atomic E-state index is 10.7. The minimum atomic E-state index is -3.10. The minimum Gasteiger partial charge on any atom is -0.506 e. The van der Waals surface area contributed by atoms with E-state index < -0.39 is 24.3 Å². The molecule has 0 bridgehead atoms. The second-order valence-electron chi connectivity index (χ2n) is 7.89. The van der Waals surface area contributed by atoms with Gasteiger partial charge in [0.1, 0.15) is 34.0 Å². The third kappa shape index (κ3) is 11.9. The molecule has 0 radical (unpaired) electrons. The van der Waals surface area contributed by atoms with Crippen LogP contribution in [-0.4, -0.2) is 44.9 Å². The normalized spacial score (nSPS) is 12.2. The van der Waals surface area contributed by atoms with Crippen LogP contribution in [0.3, 0.4) is 0 Å². The highest BCUT2D eigenvalue weighted by atomic mass is 79.9. The lowest BCUT2D eigenvalue weighted by Crippen LogP contribution is -2.30. The number of nitro benzene ring substituents is 1. The van der Waals surface area contributed by atoms with E-state index in [2.05, 4.69) is 31.9 Å². The van der Waals surface area contributed by atoms with E-state index in [1.54, 1.807) is 36.4 Å². The summed E-state index contributed by atoms with van der Waals surface area (Å²) in [5.74, 6) is -0.166. The summed E-state index contributed by atoms with van der Waals surface area (Å²) in [7, 11) is -3.10. The first-order valence-corrected chi connectivity index (χ1v) is 15.1. The average molecular weight is 723 g/mol. The fourth-order valence-electron chi connectivity index (χ4n) is 2.55. The molecule has 0 saturated carbocycles. The number of nitriles is 1. The molecule has 0 heterocycles. The number of halogens is 3. The van der Waals surface area contributed by atoms with Gasteiger partial charge in [-0.1, -0.05) is 29.8 Å². The summed E-state index contributed by atoms with van der Waals surface area (Å²) < 4.78 is 17.2. The molecule has 0 spiro atoms. The fourth-order valence-corrected chi connectivity index (χ4v) is 4.69. The molecule has 0 aliphatic rings. The molecule has 2 unspecified atom stereocenters. The fraction of sp³-hybridized carbons (Fsp3) is 0.167. The van der Waals surface area contributed by atoms with Crippen LogP contribution in [-0.2, 0) is 9.36 Å². The van der Waals surface area contributed by atoms with E-state index >= 15 is 0 Å². The molecule has 2 atom stereocenters. The van der Waals surface area contributed by atoms with Gasteiger partial charge in [-0.05, 0) is 68.6 Å². The molecular formula is C24H24Br2ClN4O8P. The second kappa shape index (κ2) is 16.2. The van der Waals surface area contributed by atoms with Crippen molar-refractivity contribution in [1.29, 1.82) is 5.26 Å². The Hall–Kier alpha value is -3.18. The number of benzene rings is 3. The summed E-state index contributed by atoms with van der Waals surface area (Å²) in [5, 5.41) is 36.7. The van der Waals surface area contributed by atoms with E-state index in [-0.39, 0.29) is 40.5 Å². The number of rotatable bonds is 7. The van der Waals surface area contributed by atoms with Gasteiger partial charge in [-0.25, -0.2) is 0 Å². The van der Waals surface area contributed by atoms with Crippen LogP contribution in [0, 0.1) is 21.4 Å². The third-order valence-electron chi connectivity index (χ3n) is 4.61. The zero-order chi connectivity index (χ0) is 30.6. The topological polar surface area (TPSA) is 223 Å². The number of aromatic hydroxyl groups is 1. The molecule has 3 aromatic rings. The molecule has 16 heteroatoms. The first-order valence-electron chi connectivity index (χ1n) is 10.9. The number of nitrogens with two attached hydrogens (primary N) is 2. The standard InChI is InChI=1S/C12H9ClN2O3.C7H3Br2NO.C5H12NO4P/c13-11-10(18-8-4-2-1-3-5-8)7-6-9(12(11)14)15(16)17;8-5-1-4(3-10)2-6(9)7(5)11;1-11(9,10)3-2-4(6)5(7)8/h1-7H,14H2;1-2,11H;4H,2-3,6H2,1H3,(H,7,8)(H,9,10). The molecule has 0 fully saturated rings. The van der Waals surface area contributed by atoms with Crippen LogP contribution in [0.2, 0.25) is 5.02 Å². The van der Waals surface area contributed by atoms with E-state index in [9.17, 15) is 24.6 Å². The van der Waals surface area contributed by atoms with Gasteiger partial charge in [-0.2, -0.15) is 5.26 Å². The van der Waals surface area contributed by atoms with E-state index in [0.717, 1.165) is 0 Å². The Bertz CT molecular complexity index is 1410. The molecular weight excluding hydrogens is 699 g/mol. The molecule has 7 N–H and O–H groups in total. The monoisotopic (exact) mass is 720 g/mol. The van der Waals surface area contributed by atoms with Crippen LogP contribution in [0.4, 0.5) is 11.4 Å². The Kier molecular flexibility index (Phi) is 14.1. The van der Waals surface area contributed by atoms with Gasteiger partial charge < -0.3 is 31.3 Å². The van der Waals surface area contributed by atoms with Crippen LogP contribution >= 0.6 is 50.8 Å². The van der Waals surface area contributed by atoms with Gasteiger partial charge >= 0.3 is 5.97 Å². The summed E-state index contributed by atoms with van der Waals surface area (Å²) in [4.78, 5) is 29.0. The minimum absolute atomic E-state index is 0.0352. The number of nitro groups is 1. The Morgan fingerprint density at radius 2 is 1.77 bits per heavy atom. The Morgan fingerprint density at radius 1 is 1.23 bits per heavy atom. The van der Waals surface area contributed by atoms with E-state index in [0.29, 0.717) is 20.3 Å². The largest absolute Gasteiger partial charge is 0.506 e. The van der Waals surface area contributed by atoms with Gasteiger partial charge in [-0.15, -0.1) is 0 Å². The van der Waals surface area contributed by atoms with Crippen LogP contribution in [0.1, 0.15) is 12.0 Å². The number of carbonyl (C=O) groups is 1. The summed E-state index contributed by atoms with van der Waals surface area (Å²) in [6.07, 6.45) is 0.0000772. The first-order chi connectivity index (χ1) is 18.6. The highest BCUT2D eigenvalue weighted by molar-refractivity contribution is 9.11. The molecule has 40 heavy (non-hydrogen) atoms. The van der Waals surface area contributed by atoms with Crippen molar-refractivity contribution in [2.75, 3.05) is 18.6 Å². The lowest BCUT2D eigenvalue weighted by Gasteiger charge is -2.08. The predicted octanol–water partition coefficient (Wildman–Crippen LogP) is 6.10. The van der Waals surface area contributed by atoms with Crippen molar-refractivity contribution in [3.05, 3.63) is 84.2 Å². The van der Waals surface area contributed by atoms with E-state index in [1.165, 1.54) is 18.8 Å². The summed E-state index contributed by atoms with van der Waals surface area (Å²) >= 11 is 12.2. The van der Waals surface area contributed by atoms with E-state index in [4.69, 9.17) is 43.1 Å². The number of phenols is 1. The number of aliphatic carboxylic acids is 1. The second-order valence-corrected chi connectivity index (χ2v) is 12.5. The number of anilines is 1. The van der Waals surface area contributed by atoms with Crippen molar-refractivity contribution >= 4 is 68.2 Å². The molecule has 0 saturated heterocycles. The van der Waals surface area contributed by atoms with Crippen molar-refractivity contribution in [3.63, 3.8) is 0 Å². The van der Waals surface area contributed by atoms with Crippen LogP contribution in [0.25, 0.3) is 0 Å². The van der Waals surface area contributed by atoms with Gasteiger partial charge in [0.15, 0.2) is 7.37 Å². The Labute approximate surface area is 251 Å². The highest BCUT2D eigenvalue weighted by Crippen LogP contribution is 2.39. The van der Waals surface area contributed by atoms with Crippen LogP contribution in [0.15, 0.2) is 63.5 Å². The SMILES string of the molecule is CP(=O)(O)CCC(N)C(=O)O.N#Cc1cc(Br)c(O)c(Br)c1.Nc1c([N+](=O)[O-])ccc(Oc2ccccc2)c1Cl. The highest BCUT2D eigenvalue weighted by Gasteiger charge is 2.18. The molecule has 0 amide bonds. The lowest BCUT2D eigenvalue weighted by molar-refractivity contribution is -0.383. The van der Waals surface area contributed by atoms with Gasteiger partial charge in [0, 0.05) is 18.9 Å². The summed E-state index contributed by atoms with van der Waals surface area (Å²) in [6, 6.07) is 15.7. The van der Waals surface area contributed by atoms with Crippen LogP contribution in [0.5, 0.6) is 17.2 Å². The van der Waals surface area contributed by atoms with Crippen molar-refractivity contribution in [3.8, 4) is 23.3 Å². The molecule has 3 rings (SSSR count). The smallest absolute Gasteiger partial charge is 0.320 e. The molecule has 0 aliphatic heterocycles. The zero-order valence-corrected chi connectivity index (χ0v) is 25.5. The Morgan fingerprint density at radius 3 is 2.23 bits per heavy atom. The number of carboxylic acids is 1. The van der Waals surface area contributed by atoms with E-state index in [1.807, 2.05) is 12.1 Å². The van der Waals surface area contributed by atoms with Gasteiger partial charge in [0.2, 0.25) is 0 Å². The molecule has 3 aromatic carbocycles. The summed E-state index contributed by atoms with van der Waals surface area (Å²) in [5.41, 5.74) is 10.8.